The van der Waals surface area contributed by atoms with Crippen molar-refractivity contribution in [2.24, 2.45) is 0 Å². The molecule has 19 heavy (non-hydrogen) atoms. The SMILES string of the molecule is CN(C)CC(C)(O)CNC(=O)c1cc2occc2[nH]1. The Morgan fingerprint density at radius 1 is 1.58 bits per heavy atom. The molecule has 1 atom stereocenters. The number of carbonyl (C=O) groups excluding carboxylic acids is 1. The quantitative estimate of drug-likeness (QED) is 0.747. The lowest BCUT2D eigenvalue weighted by molar-refractivity contribution is 0.0325. The third-order valence-electron chi connectivity index (χ3n) is 2.77. The molecule has 0 aromatic carbocycles. The fourth-order valence-corrected chi connectivity index (χ4v) is 2.07. The third kappa shape index (κ3) is 3.36. The van der Waals surface area contributed by atoms with Gasteiger partial charge in [0, 0.05) is 25.2 Å². The maximum Gasteiger partial charge on any atom is 0.267 e. The molecule has 0 saturated heterocycles. The predicted molar refractivity (Wildman–Crippen MR) is 72.1 cm³/mol. The van der Waals surface area contributed by atoms with Gasteiger partial charge in [0.25, 0.3) is 5.91 Å². The van der Waals surface area contributed by atoms with Crippen LogP contribution in [0, 0.1) is 0 Å². The first-order valence-corrected chi connectivity index (χ1v) is 6.09. The minimum Gasteiger partial charge on any atom is -0.463 e. The highest BCUT2D eigenvalue weighted by atomic mass is 16.3. The topological polar surface area (TPSA) is 81.5 Å². The molecule has 0 aliphatic rings. The lowest BCUT2D eigenvalue weighted by Crippen LogP contribution is -2.47. The van der Waals surface area contributed by atoms with E-state index >= 15 is 0 Å². The summed E-state index contributed by atoms with van der Waals surface area (Å²) >= 11 is 0. The summed E-state index contributed by atoms with van der Waals surface area (Å²) < 4.78 is 5.18. The molecular formula is C13H19N3O3. The van der Waals surface area contributed by atoms with Crippen molar-refractivity contribution < 1.29 is 14.3 Å². The van der Waals surface area contributed by atoms with Crippen LogP contribution in [-0.2, 0) is 0 Å². The second kappa shape index (κ2) is 5.07. The number of hydrogen-bond acceptors (Lipinski definition) is 4. The second-order valence-electron chi connectivity index (χ2n) is 5.30. The summed E-state index contributed by atoms with van der Waals surface area (Å²) in [6.45, 7) is 2.35. The van der Waals surface area contributed by atoms with Gasteiger partial charge in [-0.3, -0.25) is 4.79 Å². The predicted octanol–water partition coefficient (Wildman–Crippen LogP) is 0.803. The van der Waals surface area contributed by atoms with E-state index in [1.54, 1.807) is 25.3 Å². The van der Waals surface area contributed by atoms with Crippen molar-refractivity contribution in [2.45, 2.75) is 12.5 Å². The molecule has 0 fully saturated rings. The molecule has 0 saturated carbocycles. The zero-order chi connectivity index (χ0) is 14.0. The third-order valence-corrected chi connectivity index (χ3v) is 2.77. The number of hydrogen-bond donors (Lipinski definition) is 3. The van der Waals surface area contributed by atoms with Gasteiger partial charge in [-0.25, -0.2) is 0 Å². The Kier molecular flexibility index (Phi) is 3.64. The molecule has 0 spiro atoms. The maximum absolute atomic E-state index is 11.9. The lowest BCUT2D eigenvalue weighted by atomic mass is 10.1. The van der Waals surface area contributed by atoms with Crippen molar-refractivity contribution in [1.29, 1.82) is 0 Å². The van der Waals surface area contributed by atoms with Crippen LogP contribution in [0.2, 0.25) is 0 Å². The van der Waals surface area contributed by atoms with E-state index in [1.165, 1.54) is 0 Å². The molecule has 2 aromatic rings. The zero-order valence-corrected chi connectivity index (χ0v) is 11.4. The normalized spacial score (nSPS) is 14.8. The van der Waals surface area contributed by atoms with Crippen molar-refractivity contribution in [1.82, 2.24) is 15.2 Å². The van der Waals surface area contributed by atoms with Gasteiger partial charge in [0.15, 0.2) is 5.58 Å². The van der Waals surface area contributed by atoms with Gasteiger partial charge in [-0.1, -0.05) is 0 Å². The van der Waals surface area contributed by atoms with Crippen LogP contribution < -0.4 is 5.32 Å². The standard InChI is InChI=1S/C13H19N3O3/c1-13(18,8-16(2)3)7-14-12(17)10-6-11-9(15-10)4-5-19-11/h4-6,15,18H,7-8H2,1-3H3,(H,14,17). The van der Waals surface area contributed by atoms with E-state index < -0.39 is 5.60 Å². The minimum absolute atomic E-state index is 0.185. The number of likely N-dealkylation sites (N-methyl/N-ethyl adjacent to an activating group) is 1. The van der Waals surface area contributed by atoms with Gasteiger partial charge in [0.1, 0.15) is 5.69 Å². The molecule has 0 radical (unpaired) electrons. The van der Waals surface area contributed by atoms with Gasteiger partial charge in [0.2, 0.25) is 0 Å². The lowest BCUT2D eigenvalue weighted by Gasteiger charge is -2.26. The molecule has 104 valence electrons. The highest BCUT2D eigenvalue weighted by Gasteiger charge is 2.22. The highest BCUT2D eigenvalue weighted by molar-refractivity contribution is 5.96. The molecule has 1 unspecified atom stereocenters. The van der Waals surface area contributed by atoms with Crippen LogP contribution in [0.1, 0.15) is 17.4 Å². The number of furan rings is 1. The molecule has 0 bridgehead atoms. The van der Waals surface area contributed by atoms with Crippen LogP contribution in [-0.4, -0.2) is 53.7 Å². The summed E-state index contributed by atoms with van der Waals surface area (Å²) in [5.41, 5.74) is 0.885. The molecule has 6 nitrogen and oxygen atoms in total. The summed E-state index contributed by atoms with van der Waals surface area (Å²) in [6.07, 6.45) is 1.56. The van der Waals surface area contributed by atoms with Gasteiger partial charge < -0.3 is 24.7 Å². The Morgan fingerprint density at radius 3 is 2.95 bits per heavy atom. The average molecular weight is 265 g/mol. The first-order valence-electron chi connectivity index (χ1n) is 6.09. The molecule has 1 amide bonds. The average Bonchev–Trinajstić information content (AvgIpc) is 2.83. The summed E-state index contributed by atoms with van der Waals surface area (Å²) in [6, 6.07) is 3.40. The van der Waals surface area contributed by atoms with E-state index in [1.807, 2.05) is 19.0 Å². The van der Waals surface area contributed by atoms with Gasteiger partial charge >= 0.3 is 0 Å². The Balaban J connectivity index is 1.96. The van der Waals surface area contributed by atoms with Gasteiger partial charge in [0.05, 0.1) is 17.4 Å². The molecule has 2 aromatic heterocycles. The van der Waals surface area contributed by atoms with Crippen molar-refractivity contribution in [3.8, 4) is 0 Å². The van der Waals surface area contributed by atoms with Crippen molar-refractivity contribution >= 4 is 17.0 Å². The number of fused-ring (bicyclic) bond motifs is 1. The molecule has 2 heterocycles. The first kappa shape index (κ1) is 13.6. The Morgan fingerprint density at radius 2 is 2.32 bits per heavy atom. The molecule has 0 aliphatic carbocycles. The van der Waals surface area contributed by atoms with Crippen LogP contribution in [0.3, 0.4) is 0 Å². The smallest absolute Gasteiger partial charge is 0.267 e. The summed E-state index contributed by atoms with van der Waals surface area (Å²) in [7, 11) is 3.74. The molecule has 3 N–H and O–H groups in total. The van der Waals surface area contributed by atoms with Crippen LogP contribution in [0.15, 0.2) is 22.8 Å². The number of carbonyl (C=O) groups is 1. The molecular weight excluding hydrogens is 246 g/mol. The maximum atomic E-state index is 11.9. The van der Waals surface area contributed by atoms with Crippen LogP contribution in [0.25, 0.3) is 11.1 Å². The Bertz CT molecular complexity index is 540. The summed E-state index contributed by atoms with van der Waals surface area (Å²) in [5.74, 6) is -0.259. The van der Waals surface area contributed by atoms with E-state index in [-0.39, 0.29) is 12.5 Å². The fraction of sp³-hybridized carbons (Fsp3) is 0.462. The van der Waals surface area contributed by atoms with E-state index in [0.29, 0.717) is 17.8 Å². The number of H-pyrrole nitrogens is 1. The molecule has 2 rings (SSSR count). The summed E-state index contributed by atoms with van der Waals surface area (Å²) in [5, 5.41) is 12.8. The number of nitrogens with zero attached hydrogens (tertiary/aromatic N) is 1. The van der Waals surface area contributed by atoms with Crippen LogP contribution in [0.5, 0.6) is 0 Å². The van der Waals surface area contributed by atoms with Gasteiger partial charge in [-0.05, 0) is 21.0 Å². The fourth-order valence-electron chi connectivity index (χ4n) is 2.07. The van der Waals surface area contributed by atoms with E-state index in [0.717, 1.165) is 5.52 Å². The monoisotopic (exact) mass is 265 g/mol. The van der Waals surface area contributed by atoms with Crippen LogP contribution in [0.4, 0.5) is 0 Å². The molecule has 6 heteroatoms. The minimum atomic E-state index is -0.967. The number of aromatic nitrogens is 1. The number of amides is 1. The van der Waals surface area contributed by atoms with Crippen molar-refractivity contribution in [3.05, 3.63) is 24.1 Å². The van der Waals surface area contributed by atoms with Crippen molar-refractivity contribution in [2.75, 3.05) is 27.2 Å². The summed E-state index contributed by atoms with van der Waals surface area (Å²) in [4.78, 5) is 16.8. The number of aliphatic hydroxyl groups is 1. The van der Waals surface area contributed by atoms with Gasteiger partial charge in [-0.2, -0.15) is 0 Å². The number of rotatable bonds is 5. The van der Waals surface area contributed by atoms with E-state index in [4.69, 9.17) is 4.42 Å². The second-order valence-corrected chi connectivity index (χ2v) is 5.30. The highest BCUT2D eigenvalue weighted by Crippen LogP contribution is 2.16. The van der Waals surface area contributed by atoms with E-state index in [2.05, 4.69) is 10.3 Å². The molecule has 0 aliphatic heterocycles. The van der Waals surface area contributed by atoms with Crippen molar-refractivity contribution in [3.63, 3.8) is 0 Å². The van der Waals surface area contributed by atoms with Crippen LogP contribution >= 0.6 is 0 Å². The zero-order valence-electron chi connectivity index (χ0n) is 11.4. The number of nitrogens with one attached hydrogen (secondary N) is 2. The van der Waals surface area contributed by atoms with E-state index in [9.17, 15) is 9.90 Å². The number of aromatic amines is 1. The Hall–Kier alpha value is -1.79. The first-order chi connectivity index (χ1) is 8.87. The Labute approximate surface area is 111 Å². The largest absolute Gasteiger partial charge is 0.463 e. The van der Waals surface area contributed by atoms with Gasteiger partial charge in [-0.15, -0.1) is 0 Å².